The van der Waals surface area contributed by atoms with Gasteiger partial charge in [0.25, 0.3) is 0 Å². The second-order valence-corrected chi connectivity index (χ2v) is 13.0. The Kier molecular flexibility index (Phi) is 19.3. The van der Waals surface area contributed by atoms with Gasteiger partial charge in [0.15, 0.2) is 6.10 Å². The van der Waals surface area contributed by atoms with Crippen LogP contribution in [-0.2, 0) is 27.9 Å². The van der Waals surface area contributed by atoms with Gasteiger partial charge in [0.05, 0.1) is 33.4 Å². The predicted octanol–water partition coefficient (Wildman–Crippen LogP) is 7.41. The number of hydrogen-bond acceptors (Lipinski definition) is 7. The average molecular weight is 576 g/mol. The molecule has 0 aromatic heterocycles. The van der Waals surface area contributed by atoms with E-state index in [0.29, 0.717) is 11.1 Å². The van der Waals surface area contributed by atoms with Crippen molar-refractivity contribution in [2.24, 2.45) is 0 Å². The first kappa shape index (κ1) is 36.1. The Hall–Kier alpha value is -0.920. The van der Waals surface area contributed by atoms with Crippen LogP contribution in [0.4, 0.5) is 0 Å². The zero-order valence-corrected chi connectivity index (χ0v) is 26.5. The first-order chi connectivity index (χ1) is 18.6. The van der Waals surface area contributed by atoms with Crippen LogP contribution in [0, 0.1) is 0 Å². The fourth-order valence-electron chi connectivity index (χ4n) is 4.93. The lowest BCUT2D eigenvalue weighted by atomic mass is 10.0. The monoisotopic (exact) mass is 575 g/mol. The third-order valence-corrected chi connectivity index (χ3v) is 8.44. The molecule has 1 rings (SSSR count). The Morgan fingerprint density at radius 3 is 2.00 bits per heavy atom. The molecule has 0 bridgehead atoms. The molecule has 1 saturated heterocycles. The maximum absolute atomic E-state index is 12.4. The van der Waals surface area contributed by atoms with E-state index in [1.165, 1.54) is 90.2 Å². The smallest absolute Gasteiger partial charge is 0.319 e. The van der Waals surface area contributed by atoms with Crippen LogP contribution >= 0.6 is 7.82 Å². The number of carbonyl (C=O) groups is 1. The van der Waals surface area contributed by atoms with Crippen molar-refractivity contribution in [2.45, 2.75) is 142 Å². The first-order valence-electron chi connectivity index (χ1n) is 15.5. The molecule has 1 heterocycles. The summed E-state index contributed by atoms with van der Waals surface area (Å²) in [5.74, 6) is -0.513. The number of phosphoric ester groups is 1. The van der Waals surface area contributed by atoms with E-state index in [-0.39, 0.29) is 6.61 Å². The Labute approximate surface area is 239 Å². The molecule has 0 aromatic rings. The number of piperidine rings is 1. The van der Waals surface area contributed by atoms with Gasteiger partial charge in [0.1, 0.15) is 12.0 Å². The number of likely N-dealkylation sites (tertiary alicyclic amines) is 1. The summed E-state index contributed by atoms with van der Waals surface area (Å²) in [6, 6.07) is 0. The lowest BCUT2D eigenvalue weighted by Gasteiger charge is -2.35. The summed E-state index contributed by atoms with van der Waals surface area (Å²) in [7, 11) is -0.546. The number of ether oxygens (including phenoxy) is 2. The van der Waals surface area contributed by atoms with E-state index in [2.05, 4.69) is 6.92 Å². The molecule has 1 aliphatic rings. The van der Waals surface area contributed by atoms with E-state index in [4.69, 9.17) is 18.5 Å². The molecule has 0 amide bonds. The zero-order chi connectivity index (χ0) is 29.0. The highest BCUT2D eigenvalue weighted by Crippen LogP contribution is 2.40. The number of rotatable bonds is 23. The van der Waals surface area contributed by atoms with E-state index in [9.17, 15) is 14.3 Å². The standard InChI is InChI=1S/C30H58NO7P/c1-6-7-8-9-10-11-12-13-14-15-16-17-18-21-24-35-27(2)30(38-28(3)32)26-37-39(33,34)36-25-29-22-19-20-23-31(29,4)5/h25,27,30H,6-24,26H2,1-5H3. The third-order valence-electron chi connectivity index (χ3n) is 7.61. The van der Waals surface area contributed by atoms with Crippen molar-refractivity contribution in [2.75, 3.05) is 33.9 Å². The van der Waals surface area contributed by atoms with E-state index in [1.807, 2.05) is 14.1 Å². The fourth-order valence-corrected chi connectivity index (χ4v) is 5.57. The van der Waals surface area contributed by atoms with Gasteiger partial charge in [-0.15, -0.1) is 0 Å². The van der Waals surface area contributed by atoms with Gasteiger partial charge < -0.3 is 23.4 Å². The van der Waals surface area contributed by atoms with Crippen molar-refractivity contribution < 1.29 is 37.3 Å². The molecule has 0 aliphatic carbocycles. The van der Waals surface area contributed by atoms with Crippen molar-refractivity contribution in [1.29, 1.82) is 0 Å². The quantitative estimate of drug-likeness (QED) is 0.0412. The van der Waals surface area contributed by atoms with E-state index in [0.717, 1.165) is 44.3 Å². The van der Waals surface area contributed by atoms with Gasteiger partial charge in [-0.05, 0) is 26.2 Å². The van der Waals surface area contributed by atoms with Gasteiger partial charge in [0.2, 0.25) is 0 Å². The largest absolute Gasteiger partial charge is 0.746 e. The fraction of sp³-hybridized carbons (Fsp3) is 0.900. The Morgan fingerprint density at radius 2 is 1.49 bits per heavy atom. The summed E-state index contributed by atoms with van der Waals surface area (Å²) >= 11 is 0. The van der Waals surface area contributed by atoms with Gasteiger partial charge in [-0.3, -0.25) is 13.8 Å². The molecule has 0 aromatic carbocycles. The maximum Gasteiger partial charge on any atom is 0.319 e. The number of phosphoric acid groups is 1. The number of nitrogens with zero attached hydrogens (tertiary/aromatic N) is 1. The summed E-state index contributed by atoms with van der Waals surface area (Å²) in [5, 5.41) is 0. The number of hydrogen-bond donors (Lipinski definition) is 0. The molecule has 3 atom stereocenters. The Balaban J connectivity index is 2.22. The highest BCUT2D eigenvalue weighted by atomic mass is 31.2. The van der Waals surface area contributed by atoms with Crippen LogP contribution < -0.4 is 4.89 Å². The van der Waals surface area contributed by atoms with Crippen molar-refractivity contribution in [1.82, 2.24) is 0 Å². The summed E-state index contributed by atoms with van der Waals surface area (Å²) < 4.78 is 34.2. The van der Waals surface area contributed by atoms with Crippen molar-refractivity contribution >= 4 is 13.8 Å². The Morgan fingerprint density at radius 1 is 0.949 bits per heavy atom. The maximum atomic E-state index is 12.4. The van der Waals surface area contributed by atoms with Crippen LogP contribution in [0.25, 0.3) is 0 Å². The number of unbranched alkanes of at least 4 members (excludes halogenated alkanes) is 13. The van der Waals surface area contributed by atoms with Gasteiger partial charge in [-0.2, -0.15) is 0 Å². The molecule has 8 nitrogen and oxygen atoms in total. The minimum absolute atomic E-state index is 0.346. The second-order valence-electron chi connectivity index (χ2n) is 11.6. The molecular weight excluding hydrogens is 517 g/mol. The second kappa shape index (κ2) is 20.9. The summed E-state index contributed by atoms with van der Waals surface area (Å²) in [5.41, 5.74) is 0.905. The minimum Gasteiger partial charge on any atom is -0.746 e. The van der Waals surface area contributed by atoms with Crippen LogP contribution in [0.15, 0.2) is 12.0 Å². The lowest BCUT2D eigenvalue weighted by Crippen LogP contribution is -2.42. The molecule has 230 valence electrons. The van der Waals surface area contributed by atoms with Crippen LogP contribution in [-0.4, -0.2) is 56.5 Å². The molecule has 9 heteroatoms. The molecule has 0 saturated carbocycles. The minimum atomic E-state index is -4.60. The molecule has 3 unspecified atom stereocenters. The van der Waals surface area contributed by atoms with Crippen molar-refractivity contribution in [3.63, 3.8) is 0 Å². The van der Waals surface area contributed by atoms with E-state index >= 15 is 0 Å². The highest BCUT2D eigenvalue weighted by Gasteiger charge is 2.28. The molecule has 39 heavy (non-hydrogen) atoms. The summed E-state index contributed by atoms with van der Waals surface area (Å²) in [6.07, 6.45) is 20.9. The zero-order valence-electron chi connectivity index (χ0n) is 25.6. The van der Waals surface area contributed by atoms with Crippen LogP contribution in [0.1, 0.15) is 130 Å². The van der Waals surface area contributed by atoms with Gasteiger partial charge in [0, 0.05) is 20.0 Å². The van der Waals surface area contributed by atoms with Crippen LogP contribution in [0.5, 0.6) is 0 Å². The topological polar surface area (TPSA) is 94.1 Å². The van der Waals surface area contributed by atoms with E-state index < -0.39 is 26.0 Å². The molecule has 0 spiro atoms. The normalized spacial score (nSPS) is 19.4. The predicted molar refractivity (Wildman–Crippen MR) is 155 cm³/mol. The average Bonchev–Trinajstić information content (AvgIpc) is 2.87. The molecule has 0 N–H and O–H groups in total. The lowest BCUT2D eigenvalue weighted by molar-refractivity contribution is -0.858. The van der Waals surface area contributed by atoms with Crippen LogP contribution in [0.3, 0.4) is 0 Å². The SMILES string of the molecule is CCCCCCCCCCCCCCCCOC(C)C(COP(=O)([O-])OC=C1CCCC[N+]1(C)C)OC(C)=O. The van der Waals surface area contributed by atoms with Crippen molar-refractivity contribution in [3.05, 3.63) is 12.0 Å². The number of esters is 1. The van der Waals surface area contributed by atoms with Gasteiger partial charge in [-0.25, -0.2) is 0 Å². The first-order valence-corrected chi connectivity index (χ1v) is 17.0. The van der Waals surface area contributed by atoms with Gasteiger partial charge in [-0.1, -0.05) is 90.4 Å². The number of carbonyl (C=O) groups excluding carboxylic acids is 1. The van der Waals surface area contributed by atoms with Crippen LogP contribution in [0.2, 0.25) is 0 Å². The third kappa shape index (κ3) is 18.2. The highest BCUT2D eigenvalue weighted by molar-refractivity contribution is 7.46. The van der Waals surface area contributed by atoms with Crippen molar-refractivity contribution in [3.8, 4) is 0 Å². The number of allylic oxidation sites excluding steroid dienone is 1. The molecule has 0 radical (unpaired) electrons. The molecular formula is C30H58NO7P. The molecule has 1 fully saturated rings. The number of quaternary nitrogens is 1. The van der Waals surface area contributed by atoms with E-state index in [1.54, 1.807) is 6.92 Å². The Bertz CT molecular complexity index is 728. The molecule has 1 aliphatic heterocycles. The summed E-state index contributed by atoms with van der Waals surface area (Å²) in [6.45, 7) is 6.43. The summed E-state index contributed by atoms with van der Waals surface area (Å²) in [4.78, 5) is 23.9. The van der Waals surface area contributed by atoms with Gasteiger partial charge >= 0.3 is 13.8 Å².